The Hall–Kier alpha value is -4.73. The molecule has 0 saturated carbocycles. The average molecular weight is 929 g/mol. The van der Waals surface area contributed by atoms with Gasteiger partial charge in [-0.3, -0.25) is 28.3 Å². The van der Waals surface area contributed by atoms with Gasteiger partial charge in [0.05, 0.1) is 24.0 Å². The fourth-order valence-corrected chi connectivity index (χ4v) is 11.2. The number of hydrogen-bond donors (Lipinski definition) is 4. The second-order valence-corrected chi connectivity index (χ2v) is 20.7. The van der Waals surface area contributed by atoms with Crippen LogP contribution in [0.4, 0.5) is 0 Å². The van der Waals surface area contributed by atoms with Gasteiger partial charge < -0.3 is 50.0 Å². The smallest absolute Gasteiger partial charge is 0.548 e. The van der Waals surface area contributed by atoms with E-state index in [1.807, 2.05) is 60.7 Å². The van der Waals surface area contributed by atoms with E-state index >= 15 is 0 Å². The molecule has 6 rings (SSSR count). The van der Waals surface area contributed by atoms with Crippen LogP contribution in [0.5, 0.6) is 0 Å². The van der Waals surface area contributed by atoms with Crippen LogP contribution in [0.1, 0.15) is 57.5 Å². The average Bonchev–Trinajstić information content (AvgIpc) is 3.97. The first-order valence-electron chi connectivity index (χ1n) is 20.9. The summed E-state index contributed by atoms with van der Waals surface area (Å²) in [5.41, 5.74) is 2.58. The molecule has 2 aliphatic heterocycles. The van der Waals surface area contributed by atoms with E-state index < -0.39 is 75.0 Å². The van der Waals surface area contributed by atoms with Crippen LogP contribution in [0.3, 0.4) is 0 Å². The second-order valence-electron chi connectivity index (χ2n) is 16.0. The molecule has 0 aromatic heterocycles. The summed E-state index contributed by atoms with van der Waals surface area (Å²) < 4.78 is 25.9. The minimum Gasteiger partial charge on any atom is -0.548 e. The van der Waals surface area contributed by atoms with Gasteiger partial charge in [-0.05, 0) is 73.9 Å². The predicted molar refractivity (Wildman–Crippen MR) is 234 cm³/mol. The van der Waals surface area contributed by atoms with Crippen molar-refractivity contribution < 1.29 is 95.6 Å². The first-order chi connectivity index (χ1) is 30.5. The first-order valence-corrected chi connectivity index (χ1v) is 25.0. The van der Waals surface area contributed by atoms with Crippen LogP contribution >= 0.6 is 14.7 Å². The van der Waals surface area contributed by atoms with Gasteiger partial charge in [0.25, 0.3) is 11.8 Å². The van der Waals surface area contributed by atoms with Gasteiger partial charge in [-0.15, -0.1) is 0 Å². The van der Waals surface area contributed by atoms with Crippen molar-refractivity contribution in [1.29, 1.82) is 0 Å². The molecular weight excluding hydrogens is 876 g/mol. The fourth-order valence-electron chi connectivity index (χ4n) is 7.88. The molecule has 6 atom stereocenters. The predicted octanol–water partition coefficient (Wildman–Crippen LogP) is -3.91. The van der Waals surface area contributed by atoms with Crippen LogP contribution in [0.25, 0.3) is 0 Å². The zero-order valence-electron chi connectivity index (χ0n) is 37.1. The molecule has 2 saturated heterocycles. The number of carboxylic acid groups (broad SMARTS) is 2. The number of rotatable bonds is 18. The molecule has 4 unspecified atom stereocenters. The minimum atomic E-state index is -4.02. The number of carboxylic acids is 2. The standard InChI is InChI=1S/2C23H27N2O6P.2Li/c2*26-21(25-13-7-12-20(25)23(28)29)16-32(30,31)15-19(14-17-8-3-1-4-9-17)24-22(27)18-10-5-2-6-11-18;;/h2*1-6,8-11,19-20H,7,12-16H2,(H,24,27)(H,28,29)(H,30,31);;/q;;2*+1/p-2/t2*19?,20-;;/m00../s1. The summed E-state index contributed by atoms with van der Waals surface area (Å²) in [6.45, 7) is 0.436. The van der Waals surface area contributed by atoms with Crippen molar-refractivity contribution in [2.75, 3.05) is 37.7 Å². The third-order valence-corrected chi connectivity index (χ3v) is 14.4. The Morgan fingerprint density at radius 2 is 0.848 bits per heavy atom. The Kier molecular flexibility index (Phi) is 22.4. The minimum absolute atomic E-state index is 0. The largest absolute Gasteiger partial charge is 1.00 e. The molecule has 0 aliphatic carbocycles. The molecule has 2 aliphatic rings. The maximum Gasteiger partial charge on any atom is 1.00 e. The van der Waals surface area contributed by atoms with Gasteiger partial charge in [-0.1, -0.05) is 97.1 Å². The Bertz CT molecular complexity index is 2170. The topological polar surface area (TPSA) is 254 Å². The van der Waals surface area contributed by atoms with E-state index in [-0.39, 0.29) is 87.8 Å². The fraction of sp³-hybridized carbons (Fsp3) is 0.348. The molecule has 0 radical (unpaired) electrons. The number of carbonyl (C=O) groups is 6. The number of aliphatic carboxylic acids is 2. The maximum absolute atomic E-state index is 13.0. The number of carbonyl (C=O) groups excluding carboxylic acids is 6. The van der Waals surface area contributed by atoms with Gasteiger partial charge in [0.2, 0.25) is 26.6 Å². The zero-order valence-corrected chi connectivity index (χ0v) is 38.9. The SMILES string of the molecule is O=C(NC(Cc1ccccc1)CP(=O)(O)CC(=O)N1CCC[C@H]1C(=O)[O-])c1ccccc1.O=C(NC(Cc1ccccc1)CP(=O)(O)CC(=O)N1CCC[C@H]1C(=O)[O-])c1ccccc1.[Li+].[Li+]. The summed E-state index contributed by atoms with van der Waals surface area (Å²) in [7, 11) is -8.04. The Morgan fingerprint density at radius 3 is 1.15 bits per heavy atom. The van der Waals surface area contributed by atoms with Crippen LogP contribution in [-0.2, 0) is 41.1 Å². The molecule has 16 nitrogen and oxygen atoms in total. The molecule has 20 heteroatoms. The molecule has 0 bridgehead atoms. The summed E-state index contributed by atoms with van der Waals surface area (Å²) in [6.07, 6.45) is 0.195. The monoisotopic (exact) mass is 928 g/mol. The van der Waals surface area contributed by atoms with Gasteiger partial charge in [0.1, 0.15) is 12.3 Å². The van der Waals surface area contributed by atoms with E-state index in [4.69, 9.17) is 0 Å². The normalized spacial score (nSPS) is 18.0. The third-order valence-electron chi connectivity index (χ3n) is 10.9. The third kappa shape index (κ3) is 17.5. The van der Waals surface area contributed by atoms with Crippen molar-refractivity contribution in [2.24, 2.45) is 0 Å². The zero-order chi connectivity index (χ0) is 46.3. The van der Waals surface area contributed by atoms with Gasteiger partial charge in [0, 0.05) is 48.6 Å². The summed E-state index contributed by atoms with van der Waals surface area (Å²) in [6, 6.07) is 31.9. The molecule has 2 fully saturated rings. The van der Waals surface area contributed by atoms with Crippen molar-refractivity contribution in [3.05, 3.63) is 144 Å². The summed E-state index contributed by atoms with van der Waals surface area (Å²) in [5, 5.41) is 28.1. The Labute approximate surface area is 408 Å². The van der Waals surface area contributed by atoms with Crippen molar-refractivity contribution in [3.8, 4) is 0 Å². The van der Waals surface area contributed by atoms with Crippen LogP contribution in [-0.4, -0.2) is 117 Å². The molecule has 340 valence electrons. The van der Waals surface area contributed by atoms with E-state index in [1.165, 1.54) is 0 Å². The van der Waals surface area contributed by atoms with E-state index in [2.05, 4.69) is 10.6 Å². The Morgan fingerprint density at radius 1 is 0.545 bits per heavy atom. The molecule has 2 heterocycles. The summed E-state index contributed by atoms with van der Waals surface area (Å²) in [4.78, 5) is 96.3. The number of hydrogen-bond acceptors (Lipinski definition) is 10. The van der Waals surface area contributed by atoms with Crippen molar-refractivity contribution in [3.63, 3.8) is 0 Å². The summed E-state index contributed by atoms with van der Waals surface area (Å²) >= 11 is 0. The van der Waals surface area contributed by atoms with Gasteiger partial charge in [-0.2, -0.15) is 0 Å². The number of nitrogens with zero attached hydrogens (tertiary/aromatic N) is 2. The van der Waals surface area contributed by atoms with Gasteiger partial charge >= 0.3 is 37.7 Å². The van der Waals surface area contributed by atoms with E-state index in [1.54, 1.807) is 60.7 Å². The summed E-state index contributed by atoms with van der Waals surface area (Å²) in [5.74, 6) is -4.85. The van der Waals surface area contributed by atoms with Crippen LogP contribution < -0.4 is 58.6 Å². The first kappa shape index (κ1) is 55.6. The Balaban J connectivity index is 0.000000340. The van der Waals surface area contributed by atoms with Crippen LogP contribution in [0, 0.1) is 0 Å². The molecule has 0 spiro atoms. The number of benzene rings is 4. The van der Waals surface area contributed by atoms with Crippen LogP contribution in [0.2, 0.25) is 0 Å². The molecule has 4 aromatic carbocycles. The molecule has 4 amide bonds. The quantitative estimate of drug-likeness (QED) is 0.0552. The van der Waals surface area contributed by atoms with Crippen LogP contribution in [0.15, 0.2) is 121 Å². The number of likely N-dealkylation sites (tertiary alicyclic amines) is 2. The molecule has 66 heavy (non-hydrogen) atoms. The molecular formula is C46H52Li2N4O12P2. The van der Waals surface area contributed by atoms with Crippen molar-refractivity contribution in [2.45, 2.75) is 62.7 Å². The molecule has 4 aromatic rings. The van der Waals surface area contributed by atoms with Gasteiger partial charge in [0.15, 0.2) is 0 Å². The van der Waals surface area contributed by atoms with E-state index in [0.29, 0.717) is 36.8 Å². The van der Waals surface area contributed by atoms with Gasteiger partial charge in [-0.25, -0.2) is 0 Å². The number of amides is 4. The van der Waals surface area contributed by atoms with Crippen molar-refractivity contribution >= 4 is 50.3 Å². The van der Waals surface area contributed by atoms with E-state index in [0.717, 1.165) is 20.9 Å². The van der Waals surface area contributed by atoms with Crippen molar-refractivity contribution in [1.82, 2.24) is 20.4 Å². The second kappa shape index (κ2) is 26.6. The maximum atomic E-state index is 13.0. The van der Waals surface area contributed by atoms with E-state index in [9.17, 15) is 57.9 Å². The molecule has 4 N–H and O–H groups in total. The number of nitrogens with one attached hydrogen (secondary N) is 2.